The fourth-order valence-electron chi connectivity index (χ4n) is 3.43. The molecule has 116 valence electrons. The van der Waals surface area contributed by atoms with E-state index in [2.05, 4.69) is 73.1 Å². The van der Waals surface area contributed by atoms with E-state index in [9.17, 15) is 0 Å². The summed E-state index contributed by atoms with van der Waals surface area (Å²) in [5.41, 5.74) is 1.50. The van der Waals surface area contributed by atoms with Gasteiger partial charge in [-0.3, -0.25) is 4.99 Å². The lowest BCUT2D eigenvalue weighted by Gasteiger charge is -2.41. The first kappa shape index (κ1) is 15.9. The van der Waals surface area contributed by atoms with E-state index in [1.165, 1.54) is 18.4 Å². The van der Waals surface area contributed by atoms with Crippen molar-refractivity contribution in [1.29, 1.82) is 0 Å². The van der Waals surface area contributed by atoms with Gasteiger partial charge in [-0.15, -0.1) is 0 Å². The van der Waals surface area contributed by atoms with Gasteiger partial charge in [-0.05, 0) is 30.7 Å². The highest BCUT2D eigenvalue weighted by molar-refractivity contribution is 5.79. The molecule has 0 N–H and O–H groups in total. The Bertz CT molecular complexity index is 453. The lowest BCUT2D eigenvalue weighted by Crippen LogP contribution is -2.48. The van der Waals surface area contributed by atoms with E-state index in [0.29, 0.717) is 11.8 Å². The molecule has 2 atom stereocenters. The summed E-state index contributed by atoms with van der Waals surface area (Å²) in [6, 6.07) is 11.0. The highest BCUT2D eigenvalue weighted by Gasteiger charge is 2.30. The molecule has 1 aromatic carbocycles. The van der Waals surface area contributed by atoms with Gasteiger partial charge in [0, 0.05) is 33.7 Å². The second-order valence-corrected chi connectivity index (χ2v) is 6.09. The Hall–Kier alpha value is -1.51. The molecular formula is C18H29N3. The Kier molecular flexibility index (Phi) is 5.66. The summed E-state index contributed by atoms with van der Waals surface area (Å²) in [6.45, 7) is 7.50. The molecule has 0 radical (unpaired) electrons. The van der Waals surface area contributed by atoms with Gasteiger partial charge in [0.25, 0.3) is 0 Å². The van der Waals surface area contributed by atoms with E-state index in [4.69, 9.17) is 0 Å². The number of benzene rings is 1. The molecule has 1 aromatic rings. The van der Waals surface area contributed by atoms with E-state index in [1.807, 2.05) is 0 Å². The predicted molar refractivity (Wildman–Crippen MR) is 90.8 cm³/mol. The third kappa shape index (κ3) is 3.78. The van der Waals surface area contributed by atoms with Crippen molar-refractivity contribution < 1.29 is 0 Å². The Balaban J connectivity index is 2.13. The minimum atomic E-state index is 0.692. The number of hydrogen-bond donors (Lipinski definition) is 0. The zero-order valence-corrected chi connectivity index (χ0v) is 13.9. The monoisotopic (exact) mass is 287 g/mol. The summed E-state index contributed by atoms with van der Waals surface area (Å²) in [5, 5.41) is 0. The van der Waals surface area contributed by atoms with Crippen LogP contribution in [-0.2, 0) is 0 Å². The van der Waals surface area contributed by atoms with Gasteiger partial charge in [-0.1, -0.05) is 43.7 Å². The number of likely N-dealkylation sites (tertiary alicyclic amines) is 1. The molecule has 0 bridgehead atoms. The maximum atomic E-state index is 4.68. The molecule has 0 amide bonds. The third-order valence-electron chi connectivity index (χ3n) is 4.47. The maximum absolute atomic E-state index is 4.68. The summed E-state index contributed by atoms with van der Waals surface area (Å²) in [5.74, 6) is 2.54. The van der Waals surface area contributed by atoms with Crippen LogP contribution in [0, 0.1) is 5.92 Å². The molecule has 1 heterocycles. The minimum absolute atomic E-state index is 0.692. The van der Waals surface area contributed by atoms with Gasteiger partial charge in [-0.25, -0.2) is 0 Å². The summed E-state index contributed by atoms with van der Waals surface area (Å²) in [7, 11) is 4.19. The highest BCUT2D eigenvalue weighted by atomic mass is 15.4. The van der Waals surface area contributed by atoms with Crippen molar-refractivity contribution in [3.8, 4) is 0 Å². The Morgan fingerprint density at radius 3 is 2.52 bits per heavy atom. The van der Waals surface area contributed by atoms with Crippen molar-refractivity contribution in [2.45, 2.75) is 32.6 Å². The van der Waals surface area contributed by atoms with E-state index >= 15 is 0 Å². The Morgan fingerprint density at radius 1 is 1.24 bits per heavy atom. The van der Waals surface area contributed by atoms with E-state index in [0.717, 1.165) is 25.6 Å². The molecule has 0 saturated carbocycles. The average molecular weight is 287 g/mol. The third-order valence-corrected chi connectivity index (χ3v) is 4.47. The quantitative estimate of drug-likeness (QED) is 0.626. The van der Waals surface area contributed by atoms with Crippen molar-refractivity contribution in [1.82, 2.24) is 9.80 Å². The molecule has 1 aliphatic heterocycles. The van der Waals surface area contributed by atoms with E-state index in [1.54, 1.807) is 0 Å². The molecule has 0 aromatic heterocycles. The summed E-state index contributed by atoms with van der Waals surface area (Å²) >= 11 is 0. The zero-order chi connectivity index (χ0) is 15.2. The number of hydrogen-bond acceptors (Lipinski definition) is 1. The first-order valence-corrected chi connectivity index (χ1v) is 8.19. The number of guanidine groups is 1. The molecule has 1 fully saturated rings. The van der Waals surface area contributed by atoms with Gasteiger partial charge < -0.3 is 9.80 Å². The van der Waals surface area contributed by atoms with Crippen LogP contribution in [0.1, 0.15) is 38.2 Å². The normalized spacial score (nSPS) is 23.2. The number of piperidine rings is 1. The fraction of sp³-hybridized carbons (Fsp3) is 0.611. The molecular weight excluding hydrogens is 258 g/mol. The molecule has 1 aliphatic rings. The van der Waals surface area contributed by atoms with Crippen LogP contribution in [0.25, 0.3) is 0 Å². The van der Waals surface area contributed by atoms with Crippen molar-refractivity contribution in [3.63, 3.8) is 0 Å². The van der Waals surface area contributed by atoms with Crippen LogP contribution in [0.2, 0.25) is 0 Å². The first-order valence-electron chi connectivity index (χ1n) is 8.19. The lowest BCUT2D eigenvalue weighted by molar-refractivity contribution is 0.205. The standard InChI is InChI=1S/C18H29N3/c1-5-15-14-21(18(19-6-2)20(3)4)13-12-17(15)16-10-8-7-9-11-16/h7-11,15,17H,5-6,12-14H2,1-4H3. The molecule has 2 unspecified atom stereocenters. The fourth-order valence-corrected chi connectivity index (χ4v) is 3.43. The first-order chi connectivity index (χ1) is 10.2. The van der Waals surface area contributed by atoms with Crippen molar-refractivity contribution in [3.05, 3.63) is 35.9 Å². The summed E-state index contributed by atoms with van der Waals surface area (Å²) < 4.78 is 0. The second-order valence-electron chi connectivity index (χ2n) is 6.09. The lowest BCUT2D eigenvalue weighted by atomic mass is 9.79. The number of nitrogens with zero attached hydrogens (tertiary/aromatic N) is 3. The maximum Gasteiger partial charge on any atom is 0.196 e. The smallest absolute Gasteiger partial charge is 0.196 e. The average Bonchev–Trinajstić information content (AvgIpc) is 2.52. The highest BCUT2D eigenvalue weighted by Crippen LogP contribution is 2.35. The van der Waals surface area contributed by atoms with Gasteiger partial charge in [-0.2, -0.15) is 0 Å². The van der Waals surface area contributed by atoms with Crippen molar-refractivity contribution in [2.24, 2.45) is 10.9 Å². The Morgan fingerprint density at radius 2 is 1.95 bits per heavy atom. The van der Waals surface area contributed by atoms with Gasteiger partial charge in [0.05, 0.1) is 0 Å². The van der Waals surface area contributed by atoms with Crippen molar-refractivity contribution in [2.75, 3.05) is 33.7 Å². The van der Waals surface area contributed by atoms with Gasteiger partial charge in [0.15, 0.2) is 5.96 Å². The topological polar surface area (TPSA) is 18.8 Å². The molecule has 1 saturated heterocycles. The van der Waals surface area contributed by atoms with Crippen LogP contribution >= 0.6 is 0 Å². The zero-order valence-electron chi connectivity index (χ0n) is 13.9. The van der Waals surface area contributed by atoms with Crippen molar-refractivity contribution >= 4 is 5.96 Å². The SMILES string of the molecule is CCN=C(N(C)C)N1CCC(c2ccccc2)C(CC)C1. The minimum Gasteiger partial charge on any atom is -0.349 e. The van der Waals surface area contributed by atoms with E-state index < -0.39 is 0 Å². The number of rotatable bonds is 3. The molecule has 3 heteroatoms. The second kappa shape index (κ2) is 7.48. The Labute approximate surface area is 129 Å². The largest absolute Gasteiger partial charge is 0.349 e. The van der Waals surface area contributed by atoms with Crippen LogP contribution in [0.5, 0.6) is 0 Å². The number of aliphatic imine (C=N–C) groups is 1. The molecule has 2 rings (SSSR count). The van der Waals surface area contributed by atoms with Gasteiger partial charge in [0.2, 0.25) is 0 Å². The van der Waals surface area contributed by atoms with Crippen LogP contribution < -0.4 is 0 Å². The van der Waals surface area contributed by atoms with Crippen LogP contribution in [0.4, 0.5) is 0 Å². The summed E-state index contributed by atoms with van der Waals surface area (Å²) in [6.07, 6.45) is 2.45. The van der Waals surface area contributed by atoms with Crippen LogP contribution in [0.3, 0.4) is 0 Å². The molecule has 0 spiro atoms. The molecule has 0 aliphatic carbocycles. The van der Waals surface area contributed by atoms with Gasteiger partial charge >= 0.3 is 0 Å². The molecule has 3 nitrogen and oxygen atoms in total. The van der Waals surface area contributed by atoms with Crippen LogP contribution in [-0.4, -0.2) is 49.5 Å². The molecule has 21 heavy (non-hydrogen) atoms. The summed E-state index contributed by atoms with van der Waals surface area (Å²) in [4.78, 5) is 9.30. The van der Waals surface area contributed by atoms with Crippen LogP contribution in [0.15, 0.2) is 35.3 Å². The van der Waals surface area contributed by atoms with E-state index in [-0.39, 0.29) is 0 Å². The predicted octanol–water partition coefficient (Wildman–Crippen LogP) is 3.44. The van der Waals surface area contributed by atoms with Gasteiger partial charge in [0.1, 0.15) is 0 Å².